The average Bonchev–Trinajstić information content (AvgIpc) is 3.36. The van der Waals surface area contributed by atoms with E-state index in [1.54, 1.807) is 12.1 Å². The molecule has 34 heavy (non-hydrogen) atoms. The van der Waals surface area contributed by atoms with Crippen molar-refractivity contribution in [1.82, 2.24) is 24.9 Å². The van der Waals surface area contributed by atoms with Gasteiger partial charge < -0.3 is 15.6 Å². The Hall–Kier alpha value is -4.53. The fraction of sp³-hybridized carbons (Fsp3) is 0.136. The molecule has 3 heterocycles. The summed E-state index contributed by atoms with van der Waals surface area (Å²) in [5.41, 5.74) is -0.849. The summed E-state index contributed by atoms with van der Waals surface area (Å²) < 4.78 is 54.6. The summed E-state index contributed by atoms with van der Waals surface area (Å²) in [7, 11) is 0. The second-order valence-electron chi connectivity index (χ2n) is 6.98. The van der Waals surface area contributed by atoms with Crippen molar-refractivity contribution in [2.45, 2.75) is 6.18 Å². The van der Waals surface area contributed by atoms with Crippen LogP contribution in [-0.4, -0.2) is 38.0 Å². The predicted molar refractivity (Wildman–Crippen MR) is 116 cm³/mol. The maximum absolute atomic E-state index is 13.7. The zero-order chi connectivity index (χ0) is 24.1. The highest BCUT2D eigenvalue weighted by atomic mass is 19.4. The Balaban J connectivity index is 1.59. The number of nitrogens with one attached hydrogen (secondary N) is 3. The van der Waals surface area contributed by atoms with Crippen LogP contribution in [0.15, 0.2) is 55.1 Å². The molecule has 0 radical (unpaired) electrons. The van der Waals surface area contributed by atoms with Crippen LogP contribution in [0.2, 0.25) is 0 Å². The summed E-state index contributed by atoms with van der Waals surface area (Å²) >= 11 is 0. The number of H-pyrrole nitrogens is 1. The van der Waals surface area contributed by atoms with E-state index in [9.17, 15) is 17.6 Å². The number of hydrogen-bond acceptors (Lipinski definition) is 7. The van der Waals surface area contributed by atoms with E-state index in [1.165, 1.54) is 24.8 Å². The van der Waals surface area contributed by atoms with Gasteiger partial charge in [-0.2, -0.15) is 18.4 Å². The summed E-state index contributed by atoms with van der Waals surface area (Å²) in [6, 6.07) is 7.66. The summed E-state index contributed by atoms with van der Waals surface area (Å²) in [5.74, 6) is -0.105. The van der Waals surface area contributed by atoms with Gasteiger partial charge in [-0.1, -0.05) is 0 Å². The third-order valence-corrected chi connectivity index (χ3v) is 4.69. The third kappa shape index (κ3) is 5.09. The molecule has 0 atom stereocenters. The second kappa shape index (κ2) is 9.53. The molecule has 0 unspecified atom stereocenters. The van der Waals surface area contributed by atoms with Gasteiger partial charge in [0.05, 0.1) is 22.4 Å². The van der Waals surface area contributed by atoms with Crippen molar-refractivity contribution in [1.29, 1.82) is 5.26 Å². The SMILES string of the molecule is N#Cc1ccc(NCCNc2ncc(-c3ncc[nH]3)c(-c3ccc(F)cc3C(F)(F)F)n2)nc1. The van der Waals surface area contributed by atoms with E-state index in [0.717, 1.165) is 12.1 Å². The standard InChI is InChI=1S/C22H16F4N8/c23-14-2-3-15(17(9-14)22(24,25)26)19-16(20-29-6-7-30-20)12-33-21(34-19)31-8-5-28-18-4-1-13(10-27)11-32-18/h1-4,6-7,9,11-12H,5,8H2,(H,28,32)(H,29,30)(H,31,33,34). The molecule has 3 aromatic heterocycles. The lowest BCUT2D eigenvalue weighted by Gasteiger charge is -2.16. The van der Waals surface area contributed by atoms with Crippen molar-refractivity contribution in [3.8, 4) is 28.7 Å². The average molecular weight is 468 g/mol. The monoisotopic (exact) mass is 468 g/mol. The zero-order valence-electron chi connectivity index (χ0n) is 17.4. The quantitative estimate of drug-likeness (QED) is 0.271. The van der Waals surface area contributed by atoms with Gasteiger partial charge in [0.1, 0.15) is 23.5 Å². The number of anilines is 2. The Labute approximate surface area is 190 Å². The number of imidazole rings is 1. The number of halogens is 4. The molecule has 0 aliphatic heterocycles. The molecule has 0 bridgehead atoms. The molecule has 0 fully saturated rings. The number of nitrogens with zero attached hydrogens (tertiary/aromatic N) is 5. The lowest BCUT2D eigenvalue weighted by molar-refractivity contribution is -0.137. The van der Waals surface area contributed by atoms with Crippen molar-refractivity contribution in [2.75, 3.05) is 23.7 Å². The maximum Gasteiger partial charge on any atom is 0.417 e. The Morgan fingerprint density at radius 2 is 1.79 bits per heavy atom. The van der Waals surface area contributed by atoms with Gasteiger partial charge in [-0.25, -0.2) is 24.3 Å². The number of aromatic nitrogens is 5. The van der Waals surface area contributed by atoms with Crippen molar-refractivity contribution in [2.24, 2.45) is 0 Å². The van der Waals surface area contributed by atoms with Crippen molar-refractivity contribution in [3.63, 3.8) is 0 Å². The van der Waals surface area contributed by atoms with E-state index in [0.29, 0.717) is 30.5 Å². The smallest absolute Gasteiger partial charge is 0.368 e. The van der Waals surface area contributed by atoms with Gasteiger partial charge in [0.25, 0.3) is 0 Å². The van der Waals surface area contributed by atoms with Gasteiger partial charge in [-0.05, 0) is 30.3 Å². The van der Waals surface area contributed by atoms with E-state index in [1.807, 2.05) is 6.07 Å². The number of nitriles is 1. The largest absolute Gasteiger partial charge is 0.417 e. The highest BCUT2D eigenvalue weighted by Crippen LogP contribution is 2.39. The van der Waals surface area contributed by atoms with Crippen LogP contribution in [0.3, 0.4) is 0 Å². The highest BCUT2D eigenvalue weighted by molar-refractivity contribution is 5.79. The second-order valence-corrected chi connectivity index (χ2v) is 6.98. The van der Waals surface area contributed by atoms with Gasteiger partial charge in [-0.15, -0.1) is 0 Å². The van der Waals surface area contributed by atoms with Crippen LogP contribution < -0.4 is 10.6 Å². The Bertz CT molecular complexity index is 1310. The molecule has 0 aliphatic rings. The fourth-order valence-corrected chi connectivity index (χ4v) is 3.15. The Morgan fingerprint density at radius 1 is 0.971 bits per heavy atom. The van der Waals surface area contributed by atoms with Crippen LogP contribution in [0, 0.1) is 17.1 Å². The van der Waals surface area contributed by atoms with E-state index in [4.69, 9.17) is 5.26 Å². The first kappa shape index (κ1) is 22.7. The van der Waals surface area contributed by atoms with Crippen LogP contribution in [-0.2, 0) is 6.18 Å². The Morgan fingerprint density at radius 3 is 2.47 bits per heavy atom. The number of rotatable bonds is 7. The molecule has 0 aliphatic carbocycles. The summed E-state index contributed by atoms with van der Waals surface area (Å²) in [5, 5.41) is 14.8. The molecular formula is C22H16F4N8. The topological polar surface area (TPSA) is 115 Å². The summed E-state index contributed by atoms with van der Waals surface area (Å²) in [4.78, 5) is 19.5. The minimum Gasteiger partial charge on any atom is -0.368 e. The lowest BCUT2D eigenvalue weighted by atomic mass is 10.00. The summed E-state index contributed by atoms with van der Waals surface area (Å²) in [6.07, 6.45) is 0.948. The lowest BCUT2D eigenvalue weighted by Crippen LogP contribution is -2.16. The first-order chi connectivity index (χ1) is 16.3. The van der Waals surface area contributed by atoms with Gasteiger partial charge in [0.15, 0.2) is 0 Å². The number of pyridine rings is 1. The molecule has 0 saturated carbocycles. The van der Waals surface area contributed by atoms with E-state index in [2.05, 4.69) is 35.6 Å². The van der Waals surface area contributed by atoms with Gasteiger partial charge in [0, 0.05) is 43.4 Å². The van der Waals surface area contributed by atoms with E-state index >= 15 is 0 Å². The van der Waals surface area contributed by atoms with E-state index in [-0.39, 0.29) is 28.6 Å². The third-order valence-electron chi connectivity index (χ3n) is 4.69. The van der Waals surface area contributed by atoms with Crippen LogP contribution in [0.25, 0.3) is 22.6 Å². The molecular weight excluding hydrogens is 452 g/mol. The molecule has 8 nitrogen and oxygen atoms in total. The molecule has 0 amide bonds. The molecule has 3 N–H and O–H groups in total. The van der Waals surface area contributed by atoms with Crippen LogP contribution in [0.5, 0.6) is 0 Å². The van der Waals surface area contributed by atoms with Gasteiger partial charge >= 0.3 is 6.18 Å². The first-order valence-electron chi connectivity index (χ1n) is 9.93. The molecule has 4 rings (SSSR count). The first-order valence-corrected chi connectivity index (χ1v) is 9.93. The number of aromatic amines is 1. The molecule has 0 spiro atoms. The molecule has 4 aromatic rings. The van der Waals surface area contributed by atoms with Crippen LogP contribution >= 0.6 is 0 Å². The normalized spacial score (nSPS) is 11.1. The van der Waals surface area contributed by atoms with Crippen molar-refractivity contribution in [3.05, 3.63) is 72.1 Å². The van der Waals surface area contributed by atoms with Gasteiger partial charge in [-0.3, -0.25) is 0 Å². The van der Waals surface area contributed by atoms with Crippen molar-refractivity contribution >= 4 is 11.8 Å². The van der Waals surface area contributed by atoms with E-state index < -0.39 is 17.6 Å². The Kier molecular flexibility index (Phi) is 6.35. The van der Waals surface area contributed by atoms with Crippen LogP contribution in [0.4, 0.5) is 29.3 Å². The maximum atomic E-state index is 13.7. The molecule has 1 aromatic carbocycles. The minimum atomic E-state index is -4.80. The number of alkyl halides is 3. The minimum absolute atomic E-state index is 0.0542. The van der Waals surface area contributed by atoms with Gasteiger partial charge in [0.2, 0.25) is 5.95 Å². The molecule has 0 saturated heterocycles. The van der Waals surface area contributed by atoms with Crippen LogP contribution in [0.1, 0.15) is 11.1 Å². The molecule has 12 heteroatoms. The zero-order valence-corrected chi connectivity index (χ0v) is 17.4. The predicted octanol–water partition coefficient (Wildman–Crippen LogP) is 4.48. The number of benzene rings is 1. The molecule has 172 valence electrons. The fourth-order valence-electron chi connectivity index (χ4n) is 3.15. The summed E-state index contributed by atoms with van der Waals surface area (Å²) in [6.45, 7) is 0.707. The highest BCUT2D eigenvalue weighted by Gasteiger charge is 2.35. The number of hydrogen-bond donors (Lipinski definition) is 3. The van der Waals surface area contributed by atoms with Crippen molar-refractivity contribution < 1.29 is 17.6 Å².